The van der Waals surface area contributed by atoms with Gasteiger partial charge in [0, 0.05) is 17.7 Å². The predicted octanol–water partition coefficient (Wildman–Crippen LogP) is 3.43. The van der Waals surface area contributed by atoms with E-state index in [9.17, 15) is 13.6 Å². The summed E-state index contributed by atoms with van der Waals surface area (Å²) in [5.41, 5.74) is 1.01. The zero-order valence-corrected chi connectivity index (χ0v) is 14.1. The largest absolute Gasteiger partial charge is 0.467 e. The maximum atomic E-state index is 13.8. The predicted molar refractivity (Wildman–Crippen MR) is 88.0 cm³/mol. The monoisotopic (exact) mass is 347 g/mol. The molecule has 0 radical (unpaired) electrons. The maximum absolute atomic E-state index is 13.8. The Morgan fingerprint density at radius 2 is 1.88 bits per heavy atom. The molecule has 0 saturated heterocycles. The van der Waals surface area contributed by atoms with E-state index in [-0.39, 0.29) is 31.7 Å². The van der Waals surface area contributed by atoms with Crippen LogP contribution in [0.4, 0.5) is 8.78 Å². The summed E-state index contributed by atoms with van der Waals surface area (Å²) in [4.78, 5) is 12.6. The molecule has 0 saturated carbocycles. The number of benzene rings is 2. The molecule has 1 aliphatic rings. The van der Waals surface area contributed by atoms with Crippen LogP contribution in [0.1, 0.15) is 30.5 Å². The Morgan fingerprint density at radius 1 is 1.16 bits per heavy atom. The third kappa shape index (κ3) is 3.64. The number of fused-ring (bicyclic) bond motifs is 1. The highest BCUT2D eigenvalue weighted by molar-refractivity contribution is 5.87. The first kappa shape index (κ1) is 17.4. The third-order valence-electron chi connectivity index (χ3n) is 4.32. The summed E-state index contributed by atoms with van der Waals surface area (Å²) in [6, 6.07) is 8.51. The lowest BCUT2D eigenvalue weighted by Gasteiger charge is -2.25. The Kier molecular flexibility index (Phi) is 4.72. The van der Waals surface area contributed by atoms with E-state index in [4.69, 9.17) is 9.47 Å². The average molecular weight is 347 g/mol. The summed E-state index contributed by atoms with van der Waals surface area (Å²) >= 11 is 0. The fourth-order valence-corrected chi connectivity index (χ4v) is 2.78. The van der Waals surface area contributed by atoms with Gasteiger partial charge in [-0.15, -0.1) is 0 Å². The van der Waals surface area contributed by atoms with E-state index in [2.05, 4.69) is 5.32 Å². The van der Waals surface area contributed by atoms with Crippen LogP contribution in [0.3, 0.4) is 0 Å². The number of rotatable bonds is 4. The van der Waals surface area contributed by atoms with Gasteiger partial charge in [-0.3, -0.25) is 4.79 Å². The molecule has 0 spiro atoms. The van der Waals surface area contributed by atoms with Crippen LogP contribution < -0.4 is 10.1 Å². The van der Waals surface area contributed by atoms with Crippen LogP contribution in [0.2, 0.25) is 0 Å². The number of carbonyl (C=O) groups is 1. The number of ether oxygens (including phenoxy) is 2. The lowest BCUT2D eigenvalue weighted by atomic mass is 9.83. The first-order valence-corrected chi connectivity index (χ1v) is 7.94. The minimum absolute atomic E-state index is 0.0979. The summed E-state index contributed by atoms with van der Waals surface area (Å²) in [5.74, 6) is -0.461. The molecule has 132 valence electrons. The molecule has 0 unspecified atom stereocenters. The molecule has 1 amide bonds. The second kappa shape index (κ2) is 6.80. The topological polar surface area (TPSA) is 47.6 Å². The van der Waals surface area contributed by atoms with Crippen LogP contribution in [-0.2, 0) is 28.1 Å². The molecule has 3 rings (SSSR count). The Balaban J connectivity index is 1.76. The zero-order chi connectivity index (χ0) is 18.0. The van der Waals surface area contributed by atoms with Crippen LogP contribution in [-0.4, -0.2) is 12.7 Å². The van der Waals surface area contributed by atoms with Gasteiger partial charge in [0.15, 0.2) is 6.79 Å². The standard InChI is InChI=1S/C19H19F2NO3/c1-19(2,14-3-5-15(20)6-4-14)18(23)22-9-12-7-16(21)8-13-10-24-11-25-17(12)13/h3-8H,9-11H2,1-2H3,(H,22,23). The van der Waals surface area contributed by atoms with E-state index in [0.717, 1.165) is 0 Å². The van der Waals surface area contributed by atoms with Gasteiger partial charge in [0.05, 0.1) is 12.0 Å². The molecule has 1 aliphatic heterocycles. The molecule has 0 aliphatic carbocycles. The second-order valence-corrected chi connectivity index (χ2v) is 6.48. The number of carbonyl (C=O) groups excluding carboxylic acids is 1. The van der Waals surface area contributed by atoms with Gasteiger partial charge < -0.3 is 14.8 Å². The molecule has 2 aromatic carbocycles. The van der Waals surface area contributed by atoms with Crippen LogP contribution in [0, 0.1) is 11.6 Å². The van der Waals surface area contributed by atoms with Gasteiger partial charge in [-0.1, -0.05) is 12.1 Å². The van der Waals surface area contributed by atoms with Crippen molar-refractivity contribution in [2.75, 3.05) is 6.79 Å². The smallest absolute Gasteiger partial charge is 0.230 e. The first-order chi connectivity index (χ1) is 11.9. The summed E-state index contributed by atoms with van der Waals surface area (Å²) in [6.07, 6.45) is 0. The van der Waals surface area contributed by atoms with Crippen molar-refractivity contribution in [1.29, 1.82) is 0 Å². The molecule has 1 heterocycles. The average Bonchev–Trinajstić information content (AvgIpc) is 2.59. The number of hydrogen-bond acceptors (Lipinski definition) is 3. The van der Waals surface area contributed by atoms with Gasteiger partial charge in [-0.25, -0.2) is 8.78 Å². The lowest BCUT2D eigenvalue weighted by molar-refractivity contribution is -0.125. The van der Waals surface area contributed by atoms with Gasteiger partial charge in [0.25, 0.3) is 0 Å². The number of amides is 1. The highest BCUT2D eigenvalue weighted by atomic mass is 19.1. The Morgan fingerprint density at radius 3 is 2.60 bits per heavy atom. The molecule has 0 aromatic heterocycles. The highest BCUT2D eigenvalue weighted by Gasteiger charge is 2.30. The third-order valence-corrected chi connectivity index (χ3v) is 4.32. The normalized spacial score (nSPS) is 13.8. The zero-order valence-electron chi connectivity index (χ0n) is 14.1. The van der Waals surface area contributed by atoms with E-state index in [1.807, 2.05) is 0 Å². The van der Waals surface area contributed by atoms with Crippen molar-refractivity contribution in [3.63, 3.8) is 0 Å². The molecular formula is C19H19F2NO3. The Hall–Kier alpha value is -2.47. The second-order valence-electron chi connectivity index (χ2n) is 6.48. The van der Waals surface area contributed by atoms with Crippen LogP contribution >= 0.6 is 0 Å². The van der Waals surface area contributed by atoms with Gasteiger partial charge in [0.1, 0.15) is 17.4 Å². The van der Waals surface area contributed by atoms with Crippen LogP contribution in [0.5, 0.6) is 5.75 Å². The van der Waals surface area contributed by atoms with Crippen molar-refractivity contribution in [2.45, 2.75) is 32.4 Å². The van der Waals surface area contributed by atoms with Crippen LogP contribution in [0.25, 0.3) is 0 Å². The summed E-state index contributed by atoms with van der Waals surface area (Å²) in [7, 11) is 0. The Bertz CT molecular complexity index is 788. The van der Waals surface area contributed by atoms with Crippen molar-refractivity contribution < 1.29 is 23.0 Å². The van der Waals surface area contributed by atoms with E-state index in [1.54, 1.807) is 26.0 Å². The van der Waals surface area contributed by atoms with Crippen molar-refractivity contribution in [3.05, 3.63) is 64.7 Å². The molecule has 1 N–H and O–H groups in total. The molecule has 0 atom stereocenters. The molecule has 4 nitrogen and oxygen atoms in total. The van der Waals surface area contributed by atoms with E-state index in [0.29, 0.717) is 22.4 Å². The summed E-state index contributed by atoms with van der Waals surface area (Å²) < 4.78 is 37.4. The van der Waals surface area contributed by atoms with Gasteiger partial charge in [-0.05, 0) is 43.7 Å². The molecule has 25 heavy (non-hydrogen) atoms. The maximum Gasteiger partial charge on any atom is 0.230 e. The van der Waals surface area contributed by atoms with Crippen molar-refractivity contribution in [2.24, 2.45) is 0 Å². The van der Waals surface area contributed by atoms with E-state index < -0.39 is 11.2 Å². The SMILES string of the molecule is CC(C)(C(=O)NCc1cc(F)cc2c1OCOC2)c1ccc(F)cc1. The van der Waals surface area contributed by atoms with Crippen molar-refractivity contribution in [3.8, 4) is 5.75 Å². The number of halogens is 2. The quantitative estimate of drug-likeness (QED) is 0.922. The fraction of sp³-hybridized carbons (Fsp3) is 0.316. The van der Waals surface area contributed by atoms with Gasteiger partial charge in [0.2, 0.25) is 5.91 Å². The summed E-state index contributed by atoms with van der Waals surface area (Å²) in [6.45, 7) is 4.00. The minimum atomic E-state index is -0.856. The molecule has 2 aromatic rings. The lowest BCUT2D eigenvalue weighted by Crippen LogP contribution is -2.39. The highest BCUT2D eigenvalue weighted by Crippen LogP contribution is 2.30. The minimum Gasteiger partial charge on any atom is -0.467 e. The van der Waals surface area contributed by atoms with Crippen molar-refractivity contribution >= 4 is 5.91 Å². The Labute approximate surface area is 144 Å². The number of hydrogen-bond donors (Lipinski definition) is 1. The molecule has 6 heteroatoms. The first-order valence-electron chi connectivity index (χ1n) is 7.94. The molecular weight excluding hydrogens is 328 g/mol. The summed E-state index contributed by atoms with van der Waals surface area (Å²) in [5, 5.41) is 2.81. The molecule has 0 bridgehead atoms. The van der Waals surface area contributed by atoms with Gasteiger partial charge in [-0.2, -0.15) is 0 Å². The van der Waals surface area contributed by atoms with Crippen LogP contribution in [0.15, 0.2) is 36.4 Å². The fourth-order valence-electron chi connectivity index (χ4n) is 2.78. The molecule has 0 fully saturated rings. The van der Waals surface area contributed by atoms with Gasteiger partial charge >= 0.3 is 0 Å². The van der Waals surface area contributed by atoms with E-state index in [1.165, 1.54) is 24.3 Å². The number of nitrogens with one attached hydrogen (secondary N) is 1. The van der Waals surface area contributed by atoms with Crippen molar-refractivity contribution in [1.82, 2.24) is 5.32 Å². The van der Waals surface area contributed by atoms with E-state index >= 15 is 0 Å².